The van der Waals surface area contributed by atoms with Gasteiger partial charge in [-0.25, -0.2) is 4.98 Å². The maximum Gasteiger partial charge on any atom is 0.228 e. The zero-order valence-electron chi connectivity index (χ0n) is 8.16. The number of ketones is 1. The van der Waals surface area contributed by atoms with Crippen molar-refractivity contribution in [2.45, 2.75) is 0 Å². The van der Waals surface area contributed by atoms with E-state index in [1.807, 2.05) is 6.07 Å². The van der Waals surface area contributed by atoms with Crippen LogP contribution in [0.2, 0.25) is 0 Å². The van der Waals surface area contributed by atoms with E-state index in [1.54, 1.807) is 24.3 Å². The summed E-state index contributed by atoms with van der Waals surface area (Å²) < 4.78 is 0. The number of hydrogen-bond donors (Lipinski definition) is 1. The second-order valence-corrected chi connectivity index (χ2v) is 3.00. The molecule has 0 fully saturated rings. The lowest BCUT2D eigenvalue weighted by Gasteiger charge is -1.95. The monoisotopic (exact) mass is 213 g/mol. The van der Waals surface area contributed by atoms with Crippen molar-refractivity contribution < 1.29 is 4.79 Å². The molecule has 0 spiro atoms. The Hall–Kier alpha value is -2.59. The highest BCUT2D eigenvalue weighted by Gasteiger charge is 2.11. The molecule has 0 radical (unpaired) electrons. The number of carbonyl (C=O) groups is 1. The van der Waals surface area contributed by atoms with Gasteiger partial charge in [0.1, 0.15) is 5.82 Å². The Kier molecular flexibility index (Phi) is 2.67. The van der Waals surface area contributed by atoms with Gasteiger partial charge in [-0.05, 0) is 10.6 Å². The maximum absolute atomic E-state index is 11.8. The number of imidazole rings is 1. The molecule has 2 rings (SSSR count). The number of hydrogen-bond acceptors (Lipinski definition) is 3. The number of benzene rings is 1. The van der Waals surface area contributed by atoms with Gasteiger partial charge in [-0.3, -0.25) is 4.79 Å². The Labute approximate surface area is 90.6 Å². The van der Waals surface area contributed by atoms with E-state index in [0.717, 1.165) is 0 Å². The minimum Gasteiger partial charge on any atom is -0.334 e. The van der Waals surface area contributed by atoms with Gasteiger partial charge in [-0.2, -0.15) is 0 Å². The van der Waals surface area contributed by atoms with Crippen molar-refractivity contribution in [3.05, 3.63) is 58.4 Å². The summed E-state index contributed by atoms with van der Waals surface area (Å²) in [6, 6.07) is 8.75. The molecule has 0 aliphatic rings. The number of azide groups is 1. The van der Waals surface area contributed by atoms with Crippen LogP contribution in [-0.2, 0) is 0 Å². The van der Waals surface area contributed by atoms with E-state index < -0.39 is 0 Å². The van der Waals surface area contributed by atoms with Gasteiger partial charge in [0.15, 0.2) is 5.82 Å². The number of rotatable bonds is 3. The minimum absolute atomic E-state index is 0.161. The second kappa shape index (κ2) is 4.29. The van der Waals surface area contributed by atoms with Crippen molar-refractivity contribution >= 4 is 11.6 Å². The van der Waals surface area contributed by atoms with Gasteiger partial charge < -0.3 is 4.98 Å². The van der Waals surface area contributed by atoms with Gasteiger partial charge in [0.05, 0.1) is 6.20 Å². The van der Waals surface area contributed by atoms with E-state index in [4.69, 9.17) is 5.53 Å². The van der Waals surface area contributed by atoms with E-state index in [0.29, 0.717) is 5.56 Å². The molecule has 78 valence electrons. The molecule has 0 amide bonds. The summed E-state index contributed by atoms with van der Waals surface area (Å²) in [5, 5.41) is 3.31. The lowest BCUT2D eigenvalue weighted by Crippen LogP contribution is -2.02. The molecule has 1 N–H and O–H groups in total. The van der Waals surface area contributed by atoms with Gasteiger partial charge in [0, 0.05) is 10.5 Å². The first-order valence-electron chi connectivity index (χ1n) is 4.51. The SMILES string of the molecule is [N-]=[N+]=Nc1cnc(C(=O)c2ccccc2)[nH]1. The van der Waals surface area contributed by atoms with E-state index in [2.05, 4.69) is 20.0 Å². The molecule has 0 aliphatic heterocycles. The van der Waals surface area contributed by atoms with E-state index in [1.165, 1.54) is 6.20 Å². The maximum atomic E-state index is 11.8. The van der Waals surface area contributed by atoms with E-state index in [-0.39, 0.29) is 17.4 Å². The first-order valence-corrected chi connectivity index (χ1v) is 4.51. The van der Waals surface area contributed by atoms with E-state index >= 15 is 0 Å². The average molecular weight is 213 g/mol. The molecular formula is C10H7N5O. The average Bonchev–Trinajstić information content (AvgIpc) is 2.78. The van der Waals surface area contributed by atoms with Crippen LogP contribution in [0.25, 0.3) is 10.4 Å². The molecule has 0 unspecified atom stereocenters. The number of aromatic amines is 1. The quantitative estimate of drug-likeness (QED) is 0.367. The third-order valence-electron chi connectivity index (χ3n) is 1.97. The van der Waals surface area contributed by atoms with Crippen molar-refractivity contribution in [2.24, 2.45) is 5.11 Å². The van der Waals surface area contributed by atoms with Gasteiger partial charge in [0.25, 0.3) is 0 Å². The Morgan fingerprint density at radius 3 is 2.81 bits per heavy atom. The molecule has 1 aromatic carbocycles. The first kappa shape index (κ1) is 9.95. The lowest BCUT2D eigenvalue weighted by molar-refractivity contribution is 0.103. The molecular weight excluding hydrogens is 206 g/mol. The van der Waals surface area contributed by atoms with Crippen molar-refractivity contribution in [1.29, 1.82) is 0 Å². The molecule has 6 heteroatoms. The Bertz CT molecular complexity index is 554. The van der Waals surface area contributed by atoms with Crippen LogP contribution < -0.4 is 0 Å². The van der Waals surface area contributed by atoms with Crippen LogP contribution in [0.15, 0.2) is 41.6 Å². The predicted molar refractivity (Wildman–Crippen MR) is 57.3 cm³/mol. The molecule has 1 aromatic heterocycles. The number of nitrogens with zero attached hydrogens (tertiary/aromatic N) is 4. The highest BCUT2D eigenvalue weighted by Crippen LogP contribution is 2.11. The zero-order valence-corrected chi connectivity index (χ0v) is 8.16. The van der Waals surface area contributed by atoms with Crippen LogP contribution in [-0.4, -0.2) is 15.8 Å². The summed E-state index contributed by atoms with van der Waals surface area (Å²) in [7, 11) is 0. The van der Waals surface area contributed by atoms with Crippen molar-refractivity contribution in [2.75, 3.05) is 0 Å². The topological polar surface area (TPSA) is 94.5 Å². The highest BCUT2D eigenvalue weighted by molar-refractivity contribution is 6.06. The summed E-state index contributed by atoms with van der Waals surface area (Å²) in [5.41, 5.74) is 8.74. The van der Waals surface area contributed by atoms with Crippen LogP contribution in [0.3, 0.4) is 0 Å². The number of H-pyrrole nitrogens is 1. The van der Waals surface area contributed by atoms with Gasteiger partial charge in [-0.15, -0.1) is 0 Å². The second-order valence-electron chi connectivity index (χ2n) is 3.00. The van der Waals surface area contributed by atoms with Crippen molar-refractivity contribution in [1.82, 2.24) is 9.97 Å². The lowest BCUT2D eigenvalue weighted by atomic mass is 10.1. The van der Waals surface area contributed by atoms with Crippen LogP contribution in [0, 0.1) is 0 Å². The minimum atomic E-state index is -0.236. The van der Waals surface area contributed by atoms with Crippen LogP contribution in [0.5, 0.6) is 0 Å². The number of aromatic nitrogens is 2. The molecule has 16 heavy (non-hydrogen) atoms. The molecule has 0 aliphatic carbocycles. The predicted octanol–water partition coefficient (Wildman–Crippen LogP) is 2.58. The molecule has 0 bridgehead atoms. The molecule has 6 nitrogen and oxygen atoms in total. The van der Waals surface area contributed by atoms with Gasteiger partial charge >= 0.3 is 0 Å². The highest BCUT2D eigenvalue weighted by atomic mass is 16.1. The van der Waals surface area contributed by atoms with Crippen LogP contribution >= 0.6 is 0 Å². The van der Waals surface area contributed by atoms with Crippen LogP contribution in [0.4, 0.5) is 5.82 Å². The summed E-state index contributed by atoms with van der Waals surface area (Å²) in [4.78, 5) is 20.9. The molecule has 0 saturated heterocycles. The molecule has 1 heterocycles. The van der Waals surface area contributed by atoms with E-state index in [9.17, 15) is 4.79 Å². The largest absolute Gasteiger partial charge is 0.334 e. The fraction of sp³-hybridized carbons (Fsp3) is 0. The summed E-state index contributed by atoms with van der Waals surface area (Å²) in [6.45, 7) is 0. The number of carbonyl (C=O) groups excluding carboxylic acids is 1. The normalized spacial score (nSPS) is 9.50. The fourth-order valence-corrected chi connectivity index (χ4v) is 1.25. The van der Waals surface area contributed by atoms with Gasteiger partial charge in [-0.1, -0.05) is 30.3 Å². The summed E-state index contributed by atoms with van der Waals surface area (Å²) >= 11 is 0. The van der Waals surface area contributed by atoms with Crippen molar-refractivity contribution in [3.8, 4) is 0 Å². The first-order chi connectivity index (χ1) is 7.81. The number of nitrogens with one attached hydrogen (secondary N) is 1. The Morgan fingerprint density at radius 1 is 1.38 bits per heavy atom. The summed E-state index contributed by atoms with van der Waals surface area (Å²) in [5.74, 6) is 0.148. The third-order valence-corrected chi connectivity index (χ3v) is 1.97. The Balaban J connectivity index is 2.31. The molecule has 0 saturated carbocycles. The fourth-order valence-electron chi connectivity index (χ4n) is 1.25. The zero-order chi connectivity index (χ0) is 11.4. The smallest absolute Gasteiger partial charge is 0.228 e. The van der Waals surface area contributed by atoms with Crippen molar-refractivity contribution in [3.63, 3.8) is 0 Å². The standard InChI is InChI=1S/C10H7N5O/c11-15-14-8-6-12-10(13-8)9(16)7-4-2-1-3-5-7/h1-6H,(H,12,13). The third kappa shape index (κ3) is 1.92. The molecule has 2 aromatic rings. The van der Waals surface area contributed by atoms with Gasteiger partial charge in [0.2, 0.25) is 5.78 Å². The van der Waals surface area contributed by atoms with Crippen LogP contribution in [0.1, 0.15) is 16.2 Å². The molecule has 0 atom stereocenters. The summed E-state index contributed by atoms with van der Waals surface area (Å²) in [6.07, 6.45) is 1.32. The Morgan fingerprint density at radius 2 is 2.12 bits per heavy atom.